The van der Waals surface area contributed by atoms with Crippen LogP contribution in [0.5, 0.6) is 0 Å². The zero-order chi connectivity index (χ0) is 20.0. The molecule has 0 bridgehead atoms. The van der Waals surface area contributed by atoms with Crippen LogP contribution in [0.15, 0.2) is 37.1 Å². The van der Waals surface area contributed by atoms with Gasteiger partial charge >= 0.3 is 0 Å². The normalized spacial score (nSPS) is 27.6. The fourth-order valence-corrected chi connectivity index (χ4v) is 5.18. The summed E-state index contributed by atoms with van der Waals surface area (Å²) in [6, 6.07) is 4.53. The number of aromatic nitrogens is 3. The maximum atomic E-state index is 13.7. The van der Waals surface area contributed by atoms with Crippen molar-refractivity contribution in [1.29, 1.82) is 0 Å². The molecule has 4 heterocycles. The standard InChI is InChI=1S/C23H31N5O/c1-17(2)28-14-21(25-16-28)20-13-26(11-19-5-8-24-9-6-19)15-23(20)7-10-27(22(23)29)12-18-3-4-18/h5-6,8-9,14,16-18,20H,3-4,7,10-13,15H2,1-2H3/t20-,23+/m0/s1. The van der Waals surface area contributed by atoms with E-state index < -0.39 is 0 Å². The van der Waals surface area contributed by atoms with Crippen LogP contribution in [0.4, 0.5) is 0 Å². The molecule has 2 aromatic rings. The van der Waals surface area contributed by atoms with Gasteiger partial charge in [-0.2, -0.15) is 0 Å². The zero-order valence-electron chi connectivity index (χ0n) is 17.5. The average molecular weight is 394 g/mol. The Morgan fingerprint density at radius 2 is 2.03 bits per heavy atom. The molecule has 2 atom stereocenters. The second-order valence-electron chi connectivity index (χ2n) is 9.52. The van der Waals surface area contributed by atoms with Crippen molar-refractivity contribution in [2.75, 3.05) is 26.2 Å². The van der Waals surface area contributed by atoms with Gasteiger partial charge in [0.1, 0.15) is 0 Å². The van der Waals surface area contributed by atoms with Crippen molar-refractivity contribution in [1.82, 2.24) is 24.3 Å². The lowest BCUT2D eigenvalue weighted by Gasteiger charge is -2.28. The van der Waals surface area contributed by atoms with Crippen molar-refractivity contribution < 1.29 is 4.79 Å². The molecule has 2 aliphatic heterocycles. The Balaban J connectivity index is 1.43. The van der Waals surface area contributed by atoms with Crippen LogP contribution in [0.3, 0.4) is 0 Å². The minimum atomic E-state index is -0.321. The van der Waals surface area contributed by atoms with Crippen molar-refractivity contribution in [3.63, 3.8) is 0 Å². The van der Waals surface area contributed by atoms with E-state index >= 15 is 0 Å². The van der Waals surface area contributed by atoms with E-state index in [-0.39, 0.29) is 11.3 Å². The molecule has 0 aromatic carbocycles. The van der Waals surface area contributed by atoms with E-state index in [1.165, 1.54) is 18.4 Å². The summed E-state index contributed by atoms with van der Waals surface area (Å²) in [6.45, 7) is 8.78. The van der Waals surface area contributed by atoms with Gasteiger partial charge in [-0.25, -0.2) is 4.98 Å². The number of rotatable bonds is 6. The van der Waals surface area contributed by atoms with E-state index in [9.17, 15) is 4.79 Å². The maximum Gasteiger partial charge on any atom is 0.230 e. The van der Waals surface area contributed by atoms with Crippen LogP contribution in [0.25, 0.3) is 0 Å². The van der Waals surface area contributed by atoms with Gasteiger partial charge in [0.15, 0.2) is 0 Å². The number of likely N-dealkylation sites (tertiary alicyclic amines) is 2. The van der Waals surface area contributed by atoms with E-state index in [0.717, 1.165) is 50.8 Å². The summed E-state index contributed by atoms with van der Waals surface area (Å²) >= 11 is 0. The average Bonchev–Trinajstić information content (AvgIpc) is 3.13. The van der Waals surface area contributed by atoms with E-state index in [1.807, 2.05) is 18.7 Å². The van der Waals surface area contributed by atoms with Crippen LogP contribution in [0.1, 0.15) is 56.3 Å². The molecule has 6 nitrogen and oxygen atoms in total. The van der Waals surface area contributed by atoms with Crippen molar-refractivity contribution in [2.24, 2.45) is 11.3 Å². The molecule has 1 spiro atoms. The van der Waals surface area contributed by atoms with Crippen molar-refractivity contribution in [3.8, 4) is 0 Å². The van der Waals surface area contributed by atoms with Gasteiger partial charge in [-0.1, -0.05) is 0 Å². The molecule has 0 radical (unpaired) electrons. The van der Waals surface area contributed by atoms with Gasteiger partial charge in [0.05, 0.1) is 17.4 Å². The highest BCUT2D eigenvalue weighted by Crippen LogP contribution is 2.50. The van der Waals surface area contributed by atoms with Crippen LogP contribution in [-0.2, 0) is 11.3 Å². The Hall–Kier alpha value is -2.21. The van der Waals surface area contributed by atoms with Crippen molar-refractivity contribution in [3.05, 3.63) is 48.3 Å². The number of carbonyl (C=O) groups excluding carboxylic acids is 1. The molecule has 3 aliphatic rings. The second kappa shape index (κ2) is 7.24. The predicted molar refractivity (Wildman–Crippen MR) is 111 cm³/mol. The molecule has 1 aliphatic carbocycles. The number of amides is 1. The summed E-state index contributed by atoms with van der Waals surface area (Å²) in [7, 11) is 0. The third-order valence-corrected chi connectivity index (χ3v) is 7.06. The Morgan fingerprint density at radius 1 is 1.24 bits per heavy atom. The first kappa shape index (κ1) is 18.8. The summed E-state index contributed by atoms with van der Waals surface area (Å²) in [6.07, 6.45) is 11.3. The van der Waals surface area contributed by atoms with Gasteiger partial charge in [-0.15, -0.1) is 0 Å². The molecule has 6 heteroatoms. The Kier molecular flexibility index (Phi) is 4.69. The molecule has 2 saturated heterocycles. The minimum Gasteiger partial charge on any atom is -0.342 e. The molecule has 1 saturated carbocycles. The molecule has 0 unspecified atom stereocenters. The summed E-state index contributed by atoms with van der Waals surface area (Å²) in [5.74, 6) is 1.27. The highest BCUT2D eigenvalue weighted by molar-refractivity contribution is 5.87. The van der Waals surface area contributed by atoms with Crippen LogP contribution < -0.4 is 0 Å². The van der Waals surface area contributed by atoms with Gasteiger partial charge in [0.25, 0.3) is 0 Å². The highest BCUT2D eigenvalue weighted by atomic mass is 16.2. The van der Waals surface area contributed by atoms with Crippen molar-refractivity contribution in [2.45, 2.75) is 51.6 Å². The van der Waals surface area contributed by atoms with Crippen molar-refractivity contribution >= 4 is 5.91 Å². The maximum absolute atomic E-state index is 13.7. The summed E-state index contributed by atoms with van der Waals surface area (Å²) in [4.78, 5) is 27.2. The Morgan fingerprint density at radius 3 is 2.72 bits per heavy atom. The molecular formula is C23H31N5O. The van der Waals surface area contributed by atoms with Gasteiger partial charge in [-0.05, 0) is 56.7 Å². The smallest absolute Gasteiger partial charge is 0.230 e. The lowest BCUT2D eigenvalue weighted by molar-refractivity contribution is -0.136. The first-order chi connectivity index (χ1) is 14.0. The van der Waals surface area contributed by atoms with E-state index in [2.05, 4.69) is 51.5 Å². The SMILES string of the molecule is CC(C)n1cnc([C@@H]2CN(Cc3ccncc3)C[C@]23CCN(CC2CC2)C3=O)c1. The monoisotopic (exact) mass is 393 g/mol. The quantitative estimate of drug-likeness (QED) is 0.757. The van der Waals surface area contributed by atoms with E-state index in [4.69, 9.17) is 4.98 Å². The molecule has 3 fully saturated rings. The van der Waals surface area contributed by atoms with Crippen LogP contribution in [0, 0.1) is 11.3 Å². The molecular weight excluding hydrogens is 362 g/mol. The van der Waals surface area contributed by atoms with Crippen LogP contribution in [-0.4, -0.2) is 56.4 Å². The van der Waals surface area contributed by atoms with Crippen LogP contribution in [0.2, 0.25) is 0 Å². The van der Waals surface area contributed by atoms with Gasteiger partial charge < -0.3 is 9.47 Å². The lowest BCUT2D eigenvalue weighted by atomic mass is 9.75. The largest absolute Gasteiger partial charge is 0.342 e. The fraction of sp³-hybridized carbons (Fsp3) is 0.609. The summed E-state index contributed by atoms with van der Waals surface area (Å²) in [5, 5.41) is 0. The molecule has 1 amide bonds. The third kappa shape index (κ3) is 3.48. The van der Waals surface area contributed by atoms with E-state index in [1.54, 1.807) is 0 Å². The Labute approximate surface area is 172 Å². The van der Waals surface area contributed by atoms with E-state index in [0.29, 0.717) is 11.9 Å². The molecule has 2 aromatic heterocycles. The number of imidazole rings is 1. The van der Waals surface area contributed by atoms with Crippen LogP contribution >= 0.6 is 0 Å². The van der Waals surface area contributed by atoms with Gasteiger partial charge in [0.2, 0.25) is 5.91 Å². The highest BCUT2D eigenvalue weighted by Gasteiger charge is 2.58. The van der Waals surface area contributed by atoms with Gasteiger partial charge in [0, 0.05) is 63.3 Å². The zero-order valence-corrected chi connectivity index (χ0v) is 17.5. The lowest BCUT2D eigenvalue weighted by Crippen LogP contribution is -2.40. The molecule has 154 valence electrons. The fourth-order valence-electron chi connectivity index (χ4n) is 5.18. The number of hydrogen-bond acceptors (Lipinski definition) is 4. The Bertz CT molecular complexity index is 874. The van der Waals surface area contributed by atoms with Gasteiger partial charge in [-0.3, -0.25) is 14.7 Å². The minimum absolute atomic E-state index is 0.168. The second-order valence-corrected chi connectivity index (χ2v) is 9.52. The number of nitrogens with zero attached hydrogens (tertiary/aromatic N) is 5. The third-order valence-electron chi connectivity index (χ3n) is 7.06. The molecule has 29 heavy (non-hydrogen) atoms. The first-order valence-corrected chi connectivity index (χ1v) is 11.0. The molecule has 5 rings (SSSR count). The number of pyridine rings is 1. The molecule has 0 N–H and O–H groups in total. The summed E-state index contributed by atoms with van der Waals surface area (Å²) in [5.41, 5.74) is 2.01. The first-order valence-electron chi connectivity index (χ1n) is 11.0. The summed E-state index contributed by atoms with van der Waals surface area (Å²) < 4.78 is 2.16. The number of carbonyl (C=O) groups is 1. The topological polar surface area (TPSA) is 54.3 Å². The predicted octanol–water partition coefficient (Wildman–Crippen LogP) is 3.09. The number of hydrogen-bond donors (Lipinski definition) is 0.